The SMILES string of the molecule is Cn1cc(/C=C/C(=O)NC(c2ccccc2)c2cccs2)cn1. The molecule has 0 radical (unpaired) electrons. The van der Waals surface area contributed by atoms with Crippen molar-refractivity contribution in [3.05, 3.63) is 82.3 Å². The van der Waals surface area contributed by atoms with Gasteiger partial charge < -0.3 is 5.32 Å². The van der Waals surface area contributed by atoms with Crippen LogP contribution in [0.4, 0.5) is 0 Å². The molecule has 0 aliphatic rings. The largest absolute Gasteiger partial charge is 0.341 e. The third-order valence-corrected chi connectivity index (χ3v) is 4.34. The summed E-state index contributed by atoms with van der Waals surface area (Å²) in [4.78, 5) is 13.4. The number of aryl methyl sites for hydroxylation is 1. The molecule has 1 atom stereocenters. The highest BCUT2D eigenvalue weighted by Gasteiger charge is 2.16. The highest BCUT2D eigenvalue weighted by atomic mass is 32.1. The zero-order valence-electron chi connectivity index (χ0n) is 12.7. The molecule has 1 N–H and O–H groups in total. The van der Waals surface area contributed by atoms with Crippen LogP contribution in [0.1, 0.15) is 22.0 Å². The van der Waals surface area contributed by atoms with Gasteiger partial charge in [-0.3, -0.25) is 9.48 Å². The fourth-order valence-electron chi connectivity index (χ4n) is 2.31. The normalized spacial score (nSPS) is 12.4. The van der Waals surface area contributed by atoms with Crippen LogP contribution < -0.4 is 5.32 Å². The van der Waals surface area contributed by atoms with Gasteiger partial charge in [0.05, 0.1) is 12.2 Å². The number of benzene rings is 1. The lowest BCUT2D eigenvalue weighted by Gasteiger charge is -2.17. The minimum atomic E-state index is -0.137. The molecule has 1 aromatic carbocycles. The van der Waals surface area contributed by atoms with E-state index in [1.54, 1.807) is 34.4 Å². The zero-order valence-corrected chi connectivity index (χ0v) is 13.5. The Morgan fingerprint density at radius 1 is 1.26 bits per heavy atom. The molecule has 4 nitrogen and oxygen atoms in total. The number of nitrogens with zero attached hydrogens (tertiary/aromatic N) is 2. The van der Waals surface area contributed by atoms with Crippen LogP contribution in [0.3, 0.4) is 0 Å². The standard InChI is InChI=1S/C18H17N3OS/c1-21-13-14(12-19-21)9-10-17(22)20-18(16-8-5-11-23-16)15-6-3-2-4-7-15/h2-13,18H,1H3,(H,20,22)/b10-9+. The highest BCUT2D eigenvalue weighted by Crippen LogP contribution is 2.25. The number of carbonyl (C=O) groups is 1. The maximum Gasteiger partial charge on any atom is 0.244 e. The summed E-state index contributed by atoms with van der Waals surface area (Å²) in [5, 5.41) is 9.17. The molecule has 0 saturated carbocycles. The summed E-state index contributed by atoms with van der Waals surface area (Å²) in [6.45, 7) is 0. The van der Waals surface area contributed by atoms with Crippen LogP contribution in [-0.2, 0) is 11.8 Å². The van der Waals surface area contributed by atoms with Gasteiger partial charge >= 0.3 is 0 Å². The van der Waals surface area contributed by atoms with E-state index in [0.717, 1.165) is 16.0 Å². The predicted octanol–water partition coefficient (Wildman–Crippen LogP) is 3.40. The Morgan fingerprint density at radius 2 is 2.09 bits per heavy atom. The second kappa shape index (κ2) is 7.07. The van der Waals surface area contributed by atoms with Gasteiger partial charge in [-0.2, -0.15) is 5.10 Å². The van der Waals surface area contributed by atoms with E-state index in [9.17, 15) is 4.79 Å². The van der Waals surface area contributed by atoms with Crippen molar-refractivity contribution in [3.8, 4) is 0 Å². The molecule has 1 amide bonds. The van der Waals surface area contributed by atoms with Crippen molar-refractivity contribution in [1.82, 2.24) is 15.1 Å². The zero-order chi connectivity index (χ0) is 16.1. The van der Waals surface area contributed by atoms with Gasteiger partial charge in [-0.15, -0.1) is 11.3 Å². The monoisotopic (exact) mass is 323 g/mol. The Hall–Kier alpha value is -2.66. The van der Waals surface area contributed by atoms with Gasteiger partial charge in [0.15, 0.2) is 0 Å². The Bertz CT molecular complexity index is 791. The molecule has 0 saturated heterocycles. The third-order valence-electron chi connectivity index (χ3n) is 3.40. The lowest BCUT2D eigenvalue weighted by molar-refractivity contribution is -0.116. The molecule has 3 aromatic rings. The molecule has 0 fully saturated rings. The summed E-state index contributed by atoms with van der Waals surface area (Å²) in [6, 6.07) is 13.9. The van der Waals surface area contributed by atoms with Crippen LogP contribution in [0, 0.1) is 0 Å². The first kappa shape index (κ1) is 15.2. The Kier molecular flexibility index (Phi) is 4.68. The topological polar surface area (TPSA) is 46.9 Å². The maximum atomic E-state index is 12.3. The molecule has 0 aliphatic carbocycles. The lowest BCUT2D eigenvalue weighted by Crippen LogP contribution is -2.27. The number of carbonyl (C=O) groups excluding carboxylic acids is 1. The van der Waals surface area contributed by atoms with Crippen LogP contribution >= 0.6 is 11.3 Å². The molecule has 2 aromatic heterocycles. The van der Waals surface area contributed by atoms with Gasteiger partial charge in [0.1, 0.15) is 0 Å². The third kappa shape index (κ3) is 3.96. The van der Waals surface area contributed by atoms with Crippen molar-refractivity contribution < 1.29 is 4.79 Å². The average molecular weight is 323 g/mol. The van der Waals surface area contributed by atoms with Crippen molar-refractivity contribution in [2.75, 3.05) is 0 Å². The fourth-order valence-corrected chi connectivity index (χ4v) is 3.11. The molecule has 0 bridgehead atoms. The summed E-state index contributed by atoms with van der Waals surface area (Å²) in [5.74, 6) is -0.129. The molecule has 116 valence electrons. The van der Waals surface area contributed by atoms with E-state index in [2.05, 4.69) is 10.4 Å². The number of nitrogens with one attached hydrogen (secondary N) is 1. The molecular formula is C18H17N3OS. The van der Waals surface area contributed by atoms with Crippen LogP contribution in [0.15, 0.2) is 66.3 Å². The second-order valence-corrected chi connectivity index (χ2v) is 6.13. The number of aromatic nitrogens is 2. The molecule has 3 rings (SSSR count). The summed E-state index contributed by atoms with van der Waals surface area (Å²) < 4.78 is 1.70. The first-order chi connectivity index (χ1) is 11.2. The second-order valence-electron chi connectivity index (χ2n) is 5.15. The minimum Gasteiger partial charge on any atom is -0.341 e. The summed E-state index contributed by atoms with van der Waals surface area (Å²) in [6.07, 6.45) is 6.88. The number of thiophene rings is 1. The lowest BCUT2D eigenvalue weighted by atomic mass is 10.1. The van der Waals surface area contributed by atoms with Crippen LogP contribution in [0.2, 0.25) is 0 Å². The van der Waals surface area contributed by atoms with Crippen molar-refractivity contribution in [3.63, 3.8) is 0 Å². The number of rotatable bonds is 5. The summed E-state index contributed by atoms with van der Waals surface area (Å²) in [5.41, 5.74) is 1.97. The number of hydrogen-bond donors (Lipinski definition) is 1. The molecule has 0 spiro atoms. The average Bonchev–Trinajstić information content (AvgIpc) is 3.23. The van der Waals surface area contributed by atoms with E-state index in [4.69, 9.17) is 0 Å². The van der Waals surface area contributed by atoms with E-state index >= 15 is 0 Å². The van der Waals surface area contributed by atoms with Crippen LogP contribution in [0.5, 0.6) is 0 Å². The fraction of sp³-hybridized carbons (Fsp3) is 0.111. The van der Waals surface area contributed by atoms with E-state index in [-0.39, 0.29) is 11.9 Å². The molecule has 1 unspecified atom stereocenters. The maximum absolute atomic E-state index is 12.3. The molecule has 23 heavy (non-hydrogen) atoms. The van der Waals surface area contributed by atoms with Gasteiger partial charge in [0, 0.05) is 29.8 Å². The van der Waals surface area contributed by atoms with Gasteiger partial charge in [-0.25, -0.2) is 0 Å². The minimum absolute atomic E-state index is 0.129. The molecule has 2 heterocycles. The Balaban J connectivity index is 1.76. The Morgan fingerprint density at radius 3 is 2.74 bits per heavy atom. The number of amides is 1. The van der Waals surface area contributed by atoms with Gasteiger partial charge in [0.25, 0.3) is 0 Å². The Labute approximate surface area is 139 Å². The highest BCUT2D eigenvalue weighted by molar-refractivity contribution is 7.10. The smallest absolute Gasteiger partial charge is 0.244 e. The van der Waals surface area contributed by atoms with Crippen LogP contribution in [-0.4, -0.2) is 15.7 Å². The van der Waals surface area contributed by atoms with E-state index < -0.39 is 0 Å². The van der Waals surface area contributed by atoms with Gasteiger partial charge in [-0.05, 0) is 23.1 Å². The van der Waals surface area contributed by atoms with Crippen molar-refractivity contribution in [2.24, 2.45) is 7.05 Å². The van der Waals surface area contributed by atoms with Crippen LogP contribution in [0.25, 0.3) is 6.08 Å². The van der Waals surface area contributed by atoms with Crippen molar-refractivity contribution >= 4 is 23.3 Å². The first-order valence-electron chi connectivity index (χ1n) is 7.28. The quantitative estimate of drug-likeness (QED) is 0.732. The molecular weight excluding hydrogens is 306 g/mol. The van der Waals surface area contributed by atoms with E-state index in [1.807, 2.05) is 61.1 Å². The van der Waals surface area contributed by atoms with Gasteiger partial charge in [0.2, 0.25) is 5.91 Å². The van der Waals surface area contributed by atoms with Crippen molar-refractivity contribution in [2.45, 2.75) is 6.04 Å². The summed E-state index contributed by atoms with van der Waals surface area (Å²) in [7, 11) is 1.85. The van der Waals surface area contributed by atoms with E-state index in [1.165, 1.54) is 0 Å². The predicted molar refractivity (Wildman–Crippen MR) is 93.0 cm³/mol. The summed E-state index contributed by atoms with van der Waals surface area (Å²) >= 11 is 1.63. The first-order valence-corrected chi connectivity index (χ1v) is 8.16. The van der Waals surface area contributed by atoms with Crippen molar-refractivity contribution in [1.29, 1.82) is 0 Å². The molecule has 5 heteroatoms. The number of hydrogen-bond acceptors (Lipinski definition) is 3. The van der Waals surface area contributed by atoms with Gasteiger partial charge in [-0.1, -0.05) is 36.4 Å². The molecule has 0 aliphatic heterocycles. The van der Waals surface area contributed by atoms with E-state index in [0.29, 0.717) is 0 Å².